The molecule has 0 aromatic heterocycles. The summed E-state index contributed by atoms with van der Waals surface area (Å²) in [7, 11) is 0. The van der Waals surface area contributed by atoms with Crippen LogP contribution in [0.1, 0.15) is 31.4 Å². The number of rotatable bonds is 4. The average molecular weight is 277 g/mol. The molecule has 4 heteroatoms. The van der Waals surface area contributed by atoms with Gasteiger partial charge < -0.3 is 11.1 Å². The van der Waals surface area contributed by atoms with E-state index in [0.29, 0.717) is 6.04 Å². The largest absolute Gasteiger partial charge is 0.399 e. The molecule has 3 nitrogen and oxygen atoms in total. The number of nitrogens with two attached hydrogens (primary N) is 1. The highest BCUT2D eigenvalue weighted by molar-refractivity contribution is 7.77. The van der Waals surface area contributed by atoms with E-state index in [1.165, 1.54) is 5.56 Å². The van der Waals surface area contributed by atoms with Gasteiger partial charge in [0.05, 0.1) is 6.04 Å². The molecule has 1 aromatic carbocycles. The Hall–Kier alpha value is -0.970. The number of hydrogen-bond acceptors (Lipinski definition) is 4. The molecule has 19 heavy (non-hydrogen) atoms. The van der Waals surface area contributed by atoms with Gasteiger partial charge in [0.2, 0.25) is 0 Å². The van der Waals surface area contributed by atoms with Crippen LogP contribution in [0.3, 0.4) is 0 Å². The zero-order valence-electron chi connectivity index (χ0n) is 11.4. The molecule has 1 fully saturated rings. The van der Waals surface area contributed by atoms with E-state index in [1.54, 1.807) is 0 Å². The Morgan fingerprint density at radius 1 is 1.32 bits per heavy atom. The highest BCUT2D eigenvalue weighted by atomic mass is 32.1. The Morgan fingerprint density at radius 2 is 1.95 bits per heavy atom. The summed E-state index contributed by atoms with van der Waals surface area (Å²) in [5.74, 6) is 0. The monoisotopic (exact) mass is 277 g/mol. The van der Waals surface area contributed by atoms with Gasteiger partial charge in [0.25, 0.3) is 0 Å². The van der Waals surface area contributed by atoms with Gasteiger partial charge in [0.15, 0.2) is 0 Å². The van der Waals surface area contributed by atoms with Crippen LogP contribution in [0.25, 0.3) is 0 Å². The molecule has 0 aliphatic carbocycles. The molecule has 0 bridgehead atoms. The number of nitrogens with zero attached hydrogens (tertiary/aromatic N) is 1. The topological polar surface area (TPSA) is 41.3 Å². The van der Waals surface area contributed by atoms with Gasteiger partial charge in [-0.3, -0.25) is 4.31 Å². The number of nitrogen functional groups attached to an aromatic ring is 1. The summed E-state index contributed by atoms with van der Waals surface area (Å²) < 4.78 is 2.09. The maximum absolute atomic E-state index is 5.75. The molecule has 0 saturated carbocycles. The zero-order chi connectivity index (χ0) is 13.7. The van der Waals surface area contributed by atoms with Crippen molar-refractivity contribution in [1.82, 2.24) is 9.62 Å². The van der Waals surface area contributed by atoms with E-state index < -0.39 is 0 Å². The van der Waals surface area contributed by atoms with E-state index in [-0.39, 0.29) is 6.04 Å². The minimum atomic E-state index is 0.266. The van der Waals surface area contributed by atoms with Crippen LogP contribution in [0.2, 0.25) is 0 Å². The summed E-state index contributed by atoms with van der Waals surface area (Å²) in [5.41, 5.74) is 7.82. The molecule has 1 aliphatic rings. The van der Waals surface area contributed by atoms with Crippen LogP contribution in [-0.4, -0.2) is 23.4 Å². The molecule has 2 rings (SSSR count). The number of benzene rings is 1. The lowest BCUT2D eigenvalue weighted by atomic mass is 10.0. The minimum Gasteiger partial charge on any atom is -0.399 e. The summed E-state index contributed by atoms with van der Waals surface area (Å²) in [5, 5.41) is 3.72. The lowest BCUT2D eigenvalue weighted by Crippen LogP contribution is -2.40. The summed E-state index contributed by atoms with van der Waals surface area (Å²) in [4.78, 5) is 0. The Kier molecular flexibility index (Phi) is 5.31. The number of piperidine rings is 1. The van der Waals surface area contributed by atoms with E-state index in [9.17, 15) is 0 Å². The fourth-order valence-corrected chi connectivity index (χ4v) is 2.68. The molecule has 1 heterocycles. The van der Waals surface area contributed by atoms with Crippen LogP contribution in [0.15, 0.2) is 36.4 Å². The molecule has 0 spiro atoms. The smallest absolute Gasteiger partial charge is 0.0508 e. The SMILES string of the molecule is C/C=C\C(NC1CCN(S)CC1)c1ccc(N)cc1. The highest BCUT2D eigenvalue weighted by Gasteiger charge is 2.19. The van der Waals surface area contributed by atoms with Crippen molar-refractivity contribution in [3.8, 4) is 0 Å². The van der Waals surface area contributed by atoms with Crippen molar-refractivity contribution in [1.29, 1.82) is 0 Å². The summed E-state index contributed by atoms with van der Waals surface area (Å²) in [6.07, 6.45) is 6.60. The quantitative estimate of drug-likeness (QED) is 0.450. The minimum absolute atomic E-state index is 0.266. The Labute approximate surface area is 121 Å². The molecule has 1 saturated heterocycles. The highest BCUT2D eigenvalue weighted by Crippen LogP contribution is 2.20. The second-order valence-corrected chi connectivity index (χ2v) is 5.63. The van der Waals surface area contributed by atoms with E-state index in [0.717, 1.165) is 31.6 Å². The van der Waals surface area contributed by atoms with Gasteiger partial charge in [0.1, 0.15) is 0 Å². The Balaban J connectivity index is 2.02. The zero-order valence-corrected chi connectivity index (χ0v) is 12.3. The third kappa shape index (κ3) is 4.27. The molecule has 104 valence electrons. The molecule has 0 radical (unpaired) electrons. The second kappa shape index (κ2) is 6.98. The van der Waals surface area contributed by atoms with Crippen molar-refractivity contribution in [2.24, 2.45) is 0 Å². The van der Waals surface area contributed by atoms with Crippen LogP contribution in [0, 0.1) is 0 Å². The van der Waals surface area contributed by atoms with Crippen LogP contribution >= 0.6 is 12.8 Å². The van der Waals surface area contributed by atoms with Crippen LogP contribution in [0.5, 0.6) is 0 Å². The normalized spacial score (nSPS) is 19.9. The van der Waals surface area contributed by atoms with Crippen molar-refractivity contribution in [2.75, 3.05) is 18.8 Å². The summed E-state index contributed by atoms with van der Waals surface area (Å²) >= 11 is 4.39. The standard InChI is InChI=1S/C15H23N3S/c1-2-3-15(12-4-6-13(16)7-5-12)17-14-8-10-18(19)11-9-14/h2-7,14-15,17,19H,8-11,16H2,1H3/b3-2-. The number of allylic oxidation sites excluding steroid dienone is 1. The van der Waals surface area contributed by atoms with Gasteiger partial charge in [0, 0.05) is 24.8 Å². The third-order valence-corrected chi connectivity index (χ3v) is 3.97. The van der Waals surface area contributed by atoms with Crippen molar-refractivity contribution < 1.29 is 0 Å². The molecule has 1 aliphatic heterocycles. The third-order valence-electron chi connectivity index (χ3n) is 3.57. The molecule has 3 N–H and O–H groups in total. The number of thiol groups is 1. The first-order valence-corrected chi connectivity index (χ1v) is 7.27. The van der Waals surface area contributed by atoms with E-state index in [2.05, 4.69) is 53.6 Å². The summed E-state index contributed by atoms with van der Waals surface area (Å²) in [6.45, 7) is 4.15. The molecule has 0 amide bonds. The molecule has 1 unspecified atom stereocenters. The fourth-order valence-electron chi connectivity index (χ4n) is 2.45. The lowest BCUT2D eigenvalue weighted by molar-refractivity contribution is 0.301. The van der Waals surface area contributed by atoms with E-state index in [1.807, 2.05) is 12.1 Å². The van der Waals surface area contributed by atoms with Gasteiger partial charge in [-0.05, 0) is 37.5 Å². The molecular weight excluding hydrogens is 254 g/mol. The predicted octanol–water partition coefficient (Wildman–Crippen LogP) is 2.78. The van der Waals surface area contributed by atoms with Crippen molar-refractivity contribution in [3.63, 3.8) is 0 Å². The van der Waals surface area contributed by atoms with Crippen LogP contribution in [-0.2, 0) is 0 Å². The van der Waals surface area contributed by atoms with Gasteiger partial charge >= 0.3 is 0 Å². The maximum atomic E-state index is 5.75. The maximum Gasteiger partial charge on any atom is 0.0508 e. The van der Waals surface area contributed by atoms with Crippen molar-refractivity contribution in [3.05, 3.63) is 42.0 Å². The molecule has 1 aromatic rings. The Morgan fingerprint density at radius 3 is 2.53 bits per heavy atom. The first kappa shape index (κ1) is 14.4. The first-order chi connectivity index (χ1) is 9.19. The number of hydrogen-bond donors (Lipinski definition) is 3. The Bertz CT molecular complexity index is 408. The average Bonchev–Trinajstić information content (AvgIpc) is 2.42. The van der Waals surface area contributed by atoms with Gasteiger partial charge in [-0.1, -0.05) is 37.1 Å². The van der Waals surface area contributed by atoms with Crippen molar-refractivity contribution >= 4 is 18.5 Å². The van der Waals surface area contributed by atoms with Gasteiger partial charge in [-0.2, -0.15) is 0 Å². The fraction of sp³-hybridized carbons (Fsp3) is 0.467. The van der Waals surface area contributed by atoms with Gasteiger partial charge in [-0.25, -0.2) is 0 Å². The van der Waals surface area contributed by atoms with E-state index in [4.69, 9.17) is 5.73 Å². The van der Waals surface area contributed by atoms with Crippen molar-refractivity contribution in [2.45, 2.75) is 31.8 Å². The van der Waals surface area contributed by atoms with E-state index >= 15 is 0 Å². The molecule has 1 atom stereocenters. The number of anilines is 1. The molecular formula is C15H23N3S. The number of nitrogens with one attached hydrogen (secondary N) is 1. The van der Waals surface area contributed by atoms with Gasteiger partial charge in [-0.15, -0.1) is 0 Å². The lowest BCUT2D eigenvalue weighted by Gasteiger charge is -2.31. The van der Waals surface area contributed by atoms with Crippen LogP contribution < -0.4 is 11.1 Å². The predicted molar refractivity (Wildman–Crippen MR) is 85.1 cm³/mol. The second-order valence-electron chi connectivity index (χ2n) is 5.06. The summed E-state index contributed by atoms with van der Waals surface area (Å²) in [6, 6.07) is 8.94. The van der Waals surface area contributed by atoms with Crippen LogP contribution in [0.4, 0.5) is 5.69 Å². The first-order valence-electron chi connectivity index (χ1n) is 6.87.